The number of nitrogens with one attached hydrogen (secondary N) is 2. The van der Waals surface area contributed by atoms with Crippen molar-refractivity contribution in [3.05, 3.63) is 29.8 Å². The second-order valence-electron chi connectivity index (χ2n) is 6.46. The Morgan fingerprint density at radius 1 is 1.19 bits per heavy atom. The molecule has 0 saturated heterocycles. The summed E-state index contributed by atoms with van der Waals surface area (Å²) >= 11 is 0. The van der Waals surface area contributed by atoms with Crippen molar-refractivity contribution in [2.24, 2.45) is 0 Å². The van der Waals surface area contributed by atoms with Crippen LogP contribution in [-0.4, -0.2) is 42.3 Å². The van der Waals surface area contributed by atoms with E-state index in [9.17, 15) is 14.7 Å². The number of hydrogen-bond acceptors (Lipinski definition) is 5. The fraction of sp³-hybridized carbons (Fsp3) is 0.600. The maximum Gasteiger partial charge on any atom is 0.407 e. The largest absolute Gasteiger partial charge is 0.449 e. The number of rotatable bonds is 12. The Morgan fingerprint density at radius 2 is 1.92 bits per heavy atom. The molecular weight excluding hydrogens is 332 g/mol. The topological polar surface area (TPSA) is 87.7 Å². The number of amides is 1. The highest BCUT2D eigenvalue weighted by atomic mass is 16.5. The first-order valence-corrected chi connectivity index (χ1v) is 9.44. The standard InChI is InChI=1S/C20H32N2O4/c1-4-7-12-21-19(24)26-13-11-18(23)16-9-8-10-17(14-16)22-15-20(25,5-2)6-3/h8-10,14,22,25H,4-7,11-13,15H2,1-3H3,(H,21,24). The monoisotopic (exact) mass is 364 g/mol. The van der Waals surface area contributed by atoms with Gasteiger partial charge in [0, 0.05) is 30.8 Å². The molecule has 1 aromatic carbocycles. The molecule has 0 atom stereocenters. The van der Waals surface area contributed by atoms with Crippen molar-refractivity contribution in [2.75, 3.05) is 25.0 Å². The van der Waals surface area contributed by atoms with Crippen LogP contribution in [0.25, 0.3) is 0 Å². The van der Waals surface area contributed by atoms with Gasteiger partial charge in [-0.15, -0.1) is 0 Å². The van der Waals surface area contributed by atoms with Crippen molar-refractivity contribution in [2.45, 2.75) is 58.5 Å². The van der Waals surface area contributed by atoms with Gasteiger partial charge in [-0.2, -0.15) is 0 Å². The number of ether oxygens (including phenoxy) is 1. The van der Waals surface area contributed by atoms with E-state index >= 15 is 0 Å². The molecule has 0 aliphatic carbocycles. The Kier molecular flexibility index (Phi) is 9.73. The van der Waals surface area contributed by atoms with Gasteiger partial charge in [0.1, 0.15) is 6.61 Å². The lowest BCUT2D eigenvalue weighted by Crippen LogP contribution is -2.35. The molecule has 0 saturated carbocycles. The van der Waals surface area contributed by atoms with E-state index in [1.807, 2.05) is 26.8 Å². The van der Waals surface area contributed by atoms with Crippen molar-refractivity contribution >= 4 is 17.6 Å². The average molecular weight is 364 g/mol. The third kappa shape index (κ3) is 7.87. The minimum atomic E-state index is -0.751. The zero-order chi connectivity index (χ0) is 19.4. The third-order valence-electron chi connectivity index (χ3n) is 4.48. The molecule has 0 radical (unpaired) electrons. The summed E-state index contributed by atoms with van der Waals surface area (Å²) in [5.74, 6) is -0.0868. The Labute approximate surface area is 156 Å². The van der Waals surface area contributed by atoms with E-state index in [1.165, 1.54) is 0 Å². The third-order valence-corrected chi connectivity index (χ3v) is 4.48. The molecule has 3 N–H and O–H groups in total. The number of carbonyl (C=O) groups excluding carboxylic acids is 2. The van der Waals surface area contributed by atoms with Gasteiger partial charge in [-0.05, 0) is 31.4 Å². The normalized spacial score (nSPS) is 11.1. The second-order valence-corrected chi connectivity index (χ2v) is 6.46. The minimum Gasteiger partial charge on any atom is -0.449 e. The van der Waals surface area contributed by atoms with E-state index in [1.54, 1.807) is 18.2 Å². The fourth-order valence-corrected chi connectivity index (χ4v) is 2.37. The second kappa shape index (κ2) is 11.5. The minimum absolute atomic E-state index is 0.0554. The van der Waals surface area contributed by atoms with E-state index in [-0.39, 0.29) is 18.8 Å². The lowest BCUT2D eigenvalue weighted by atomic mass is 9.97. The summed E-state index contributed by atoms with van der Waals surface area (Å²) in [6, 6.07) is 7.15. The van der Waals surface area contributed by atoms with Crippen LogP contribution in [0.2, 0.25) is 0 Å². The molecule has 0 aromatic heterocycles. The zero-order valence-electron chi connectivity index (χ0n) is 16.1. The van der Waals surface area contributed by atoms with Crippen LogP contribution in [0.3, 0.4) is 0 Å². The molecular formula is C20H32N2O4. The number of anilines is 1. The van der Waals surface area contributed by atoms with Crippen molar-refractivity contribution < 1.29 is 19.4 Å². The number of Topliss-reactive ketones (excluding diaryl/α,β-unsaturated/α-hetero) is 1. The molecule has 0 aliphatic rings. The number of ketones is 1. The summed E-state index contributed by atoms with van der Waals surface area (Å²) in [7, 11) is 0. The van der Waals surface area contributed by atoms with E-state index in [0.29, 0.717) is 31.5 Å². The molecule has 1 amide bonds. The Hall–Kier alpha value is -2.08. The van der Waals surface area contributed by atoms with Gasteiger partial charge in [0.2, 0.25) is 0 Å². The van der Waals surface area contributed by atoms with Gasteiger partial charge in [-0.25, -0.2) is 4.79 Å². The van der Waals surface area contributed by atoms with Gasteiger partial charge in [-0.3, -0.25) is 4.79 Å². The molecule has 0 aliphatic heterocycles. The van der Waals surface area contributed by atoms with Crippen LogP contribution in [0, 0.1) is 0 Å². The van der Waals surface area contributed by atoms with E-state index < -0.39 is 11.7 Å². The number of carbonyl (C=O) groups is 2. The Bertz CT molecular complexity index is 571. The Balaban J connectivity index is 2.46. The lowest BCUT2D eigenvalue weighted by molar-refractivity contribution is 0.0457. The molecule has 26 heavy (non-hydrogen) atoms. The summed E-state index contributed by atoms with van der Waals surface area (Å²) in [4.78, 5) is 23.7. The average Bonchev–Trinajstić information content (AvgIpc) is 2.66. The number of aliphatic hydroxyl groups is 1. The molecule has 146 valence electrons. The van der Waals surface area contributed by atoms with Gasteiger partial charge in [0.05, 0.1) is 5.60 Å². The van der Waals surface area contributed by atoms with Gasteiger partial charge in [0.25, 0.3) is 0 Å². The molecule has 6 heteroatoms. The lowest BCUT2D eigenvalue weighted by Gasteiger charge is -2.26. The summed E-state index contributed by atoms with van der Waals surface area (Å²) in [6.45, 7) is 7.00. The van der Waals surface area contributed by atoms with Crippen LogP contribution >= 0.6 is 0 Å². The molecule has 6 nitrogen and oxygen atoms in total. The predicted octanol–water partition coefficient (Wildman–Crippen LogP) is 3.75. The van der Waals surface area contributed by atoms with Crippen LogP contribution in [0.4, 0.5) is 10.5 Å². The first kappa shape index (κ1) is 22.0. The van der Waals surface area contributed by atoms with E-state index in [0.717, 1.165) is 18.5 Å². The molecule has 1 rings (SSSR count). The van der Waals surface area contributed by atoms with Crippen molar-refractivity contribution in [3.63, 3.8) is 0 Å². The highest BCUT2D eigenvalue weighted by Gasteiger charge is 2.21. The van der Waals surface area contributed by atoms with Crippen LogP contribution in [0.1, 0.15) is 63.2 Å². The van der Waals surface area contributed by atoms with Crippen molar-refractivity contribution in [3.8, 4) is 0 Å². The number of hydrogen-bond donors (Lipinski definition) is 3. The first-order chi connectivity index (χ1) is 12.4. The maximum atomic E-state index is 12.3. The highest BCUT2D eigenvalue weighted by molar-refractivity contribution is 5.97. The smallest absolute Gasteiger partial charge is 0.407 e. The predicted molar refractivity (Wildman–Crippen MR) is 104 cm³/mol. The number of alkyl carbamates (subject to hydrolysis) is 1. The molecule has 1 aromatic rings. The summed E-state index contributed by atoms with van der Waals surface area (Å²) in [6.07, 6.45) is 2.87. The molecule has 0 unspecified atom stereocenters. The van der Waals surface area contributed by atoms with Crippen molar-refractivity contribution in [1.29, 1.82) is 0 Å². The van der Waals surface area contributed by atoms with E-state index in [2.05, 4.69) is 10.6 Å². The van der Waals surface area contributed by atoms with Crippen LogP contribution in [-0.2, 0) is 4.74 Å². The molecule has 0 bridgehead atoms. The number of benzene rings is 1. The van der Waals surface area contributed by atoms with Crippen LogP contribution in [0.5, 0.6) is 0 Å². The van der Waals surface area contributed by atoms with Gasteiger partial charge < -0.3 is 20.5 Å². The van der Waals surface area contributed by atoms with Gasteiger partial charge in [0.15, 0.2) is 5.78 Å². The molecule has 0 heterocycles. The van der Waals surface area contributed by atoms with Crippen LogP contribution < -0.4 is 10.6 Å². The summed E-state index contributed by atoms with van der Waals surface area (Å²) in [5.41, 5.74) is 0.592. The molecule has 0 spiro atoms. The Morgan fingerprint density at radius 3 is 2.58 bits per heavy atom. The quantitative estimate of drug-likeness (QED) is 0.388. The summed E-state index contributed by atoms with van der Waals surface area (Å²) in [5, 5.41) is 16.2. The van der Waals surface area contributed by atoms with Gasteiger partial charge in [-0.1, -0.05) is 39.3 Å². The highest BCUT2D eigenvalue weighted by Crippen LogP contribution is 2.18. The van der Waals surface area contributed by atoms with Crippen molar-refractivity contribution in [1.82, 2.24) is 5.32 Å². The first-order valence-electron chi connectivity index (χ1n) is 9.44. The van der Waals surface area contributed by atoms with Gasteiger partial charge >= 0.3 is 6.09 Å². The fourth-order valence-electron chi connectivity index (χ4n) is 2.37. The SMILES string of the molecule is CCCCNC(=O)OCCC(=O)c1cccc(NCC(O)(CC)CC)c1. The molecule has 0 fully saturated rings. The van der Waals surface area contributed by atoms with Crippen LogP contribution in [0.15, 0.2) is 24.3 Å². The van der Waals surface area contributed by atoms with E-state index in [4.69, 9.17) is 4.74 Å². The summed E-state index contributed by atoms with van der Waals surface area (Å²) < 4.78 is 5.01. The number of unbranched alkanes of at least 4 members (excludes halogenated alkanes) is 1. The zero-order valence-corrected chi connectivity index (χ0v) is 16.1. The maximum absolute atomic E-state index is 12.3.